The average Bonchev–Trinajstić information content (AvgIpc) is 2.36. The van der Waals surface area contributed by atoms with Crippen LogP contribution in [0.3, 0.4) is 0 Å². The third-order valence-corrected chi connectivity index (χ3v) is 3.54. The summed E-state index contributed by atoms with van der Waals surface area (Å²) in [6, 6.07) is -1.06. The summed E-state index contributed by atoms with van der Waals surface area (Å²) >= 11 is 0. The summed E-state index contributed by atoms with van der Waals surface area (Å²) < 4.78 is 5.05. The van der Waals surface area contributed by atoms with Crippen LogP contribution in [0.5, 0.6) is 0 Å². The smallest absolute Gasteiger partial charge is 0.328 e. The van der Waals surface area contributed by atoms with Gasteiger partial charge in [0, 0.05) is 6.54 Å². The molecule has 2 N–H and O–H groups in total. The minimum absolute atomic E-state index is 0.148. The molecule has 5 nitrogen and oxygen atoms in total. The van der Waals surface area contributed by atoms with Crippen LogP contribution in [0.4, 0.5) is 0 Å². The topological polar surface area (TPSA) is 72.6 Å². The second-order valence-electron chi connectivity index (χ2n) is 6.14. The molecule has 0 bridgehead atoms. The van der Waals surface area contributed by atoms with Gasteiger partial charge in [-0.25, -0.2) is 4.79 Å². The molecule has 0 aromatic rings. The number of amides is 1. The molecular formula is C14H26N2O3. The molecule has 0 aliphatic carbocycles. The maximum absolute atomic E-state index is 12.5. The predicted octanol–water partition coefficient (Wildman–Crippen LogP) is 1.30. The van der Waals surface area contributed by atoms with E-state index in [-0.39, 0.29) is 17.3 Å². The molecular weight excluding hydrogens is 244 g/mol. The number of carbonyl (C=O) groups is 2. The number of likely N-dealkylation sites (tertiary alicyclic amines) is 1. The fourth-order valence-corrected chi connectivity index (χ4v) is 2.23. The van der Waals surface area contributed by atoms with Crippen LogP contribution in [0.1, 0.15) is 47.0 Å². The van der Waals surface area contributed by atoms with Crippen molar-refractivity contribution < 1.29 is 14.3 Å². The fraction of sp³-hybridized carbons (Fsp3) is 0.857. The highest BCUT2D eigenvalue weighted by atomic mass is 16.5. The Kier molecular flexibility index (Phi) is 5.35. The Bertz CT molecular complexity index is 336. The Hall–Kier alpha value is -1.10. The fourth-order valence-electron chi connectivity index (χ4n) is 2.23. The minimum atomic E-state index is -0.595. The Morgan fingerprint density at radius 3 is 2.53 bits per heavy atom. The number of piperidine rings is 1. The molecule has 0 radical (unpaired) electrons. The number of esters is 1. The van der Waals surface area contributed by atoms with Crippen molar-refractivity contribution in [1.29, 1.82) is 0 Å². The molecule has 1 fully saturated rings. The molecule has 0 aromatic heterocycles. The molecule has 1 heterocycles. The largest absolute Gasteiger partial charge is 0.464 e. The molecule has 5 heteroatoms. The van der Waals surface area contributed by atoms with E-state index in [1.54, 1.807) is 11.8 Å². The second-order valence-corrected chi connectivity index (χ2v) is 6.14. The van der Waals surface area contributed by atoms with Crippen LogP contribution in [0.15, 0.2) is 0 Å². The lowest BCUT2D eigenvalue weighted by Crippen LogP contribution is -2.57. The summed E-state index contributed by atoms with van der Waals surface area (Å²) in [5, 5.41) is 0. The third-order valence-electron chi connectivity index (χ3n) is 3.54. The van der Waals surface area contributed by atoms with E-state index in [0.717, 1.165) is 12.8 Å². The van der Waals surface area contributed by atoms with Gasteiger partial charge in [0.2, 0.25) is 5.91 Å². The van der Waals surface area contributed by atoms with E-state index in [1.165, 1.54) is 0 Å². The van der Waals surface area contributed by atoms with Crippen molar-refractivity contribution in [3.63, 3.8) is 0 Å². The molecule has 1 aliphatic rings. The maximum atomic E-state index is 12.5. The Balaban J connectivity index is 2.82. The molecule has 0 spiro atoms. The van der Waals surface area contributed by atoms with Gasteiger partial charge in [0.15, 0.2) is 0 Å². The van der Waals surface area contributed by atoms with Crippen LogP contribution < -0.4 is 5.73 Å². The van der Waals surface area contributed by atoms with Crippen LogP contribution in [0.25, 0.3) is 0 Å². The van der Waals surface area contributed by atoms with Crippen LogP contribution >= 0.6 is 0 Å². The Labute approximate surface area is 115 Å². The van der Waals surface area contributed by atoms with Crippen molar-refractivity contribution in [2.75, 3.05) is 13.2 Å². The van der Waals surface area contributed by atoms with Gasteiger partial charge in [-0.3, -0.25) is 4.79 Å². The van der Waals surface area contributed by atoms with Gasteiger partial charge in [-0.15, -0.1) is 0 Å². The van der Waals surface area contributed by atoms with E-state index >= 15 is 0 Å². The van der Waals surface area contributed by atoms with Crippen molar-refractivity contribution in [3.05, 3.63) is 0 Å². The molecule has 1 unspecified atom stereocenters. The molecule has 1 rings (SSSR count). The summed E-state index contributed by atoms with van der Waals surface area (Å²) in [6.45, 7) is 8.49. The highest BCUT2D eigenvalue weighted by Gasteiger charge is 2.38. The first-order valence-electron chi connectivity index (χ1n) is 7.01. The van der Waals surface area contributed by atoms with Gasteiger partial charge in [-0.1, -0.05) is 20.8 Å². The molecule has 2 atom stereocenters. The van der Waals surface area contributed by atoms with Crippen molar-refractivity contribution in [3.8, 4) is 0 Å². The van der Waals surface area contributed by atoms with Crippen molar-refractivity contribution in [1.82, 2.24) is 4.90 Å². The van der Waals surface area contributed by atoms with Crippen LogP contribution in [0.2, 0.25) is 0 Å². The lowest BCUT2D eigenvalue weighted by Gasteiger charge is -2.38. The maximum Gasteiger partial charge on any atom is 0.328 e. The molecule has 110 valence electrons. The van der Waals surface area contributed by atoms with Gasteiger partial charge in [0.05, 0.1) is 12.6 Å². The lowest BCUT2D eigenvalue weighted by atomic mass is 9.85. The zero-order valence-corrected chi connectivity index (χ0v) is 12.4. The summed E-state index contributed by atoms with van der Waals surface area (Å²) in [6.07, 6.45) is 2.53. The number of hydrogen-bond acceptors (Lipinski definition) is 4. The zero-order chi connectivity index (χ0) is 14.6. The highest BCUT2D eigenvalue weighted by Crippen LogP contribution is 2.24. The second kappa shape index (κ2) is 6.37. The lowest BCUT2D eigenvalue weighted by molar-refractivity contribution is -0.157. The van der Waals surface area contributed by atoms with E-state index in [9.17, 15) is 9.59 Å². The number of rotatable bonds is 3. The molecule has 1 saturated heterocycles. The van der Waals surface area contributed by atoms with Gasteiger partial charge in [-0.05, 0) is 31.6 Å². The normalized spacial score (nSPS) is 21.9. The standard InChI is InChI=1S/C14H26N2O3/c1-5-19-13(18)10-8-6-7-9-16(10)12(17)11(15)14(2,3)4/h10-11H,5-9,15H2,1-4H3/t10?,11-/m0/s1. The molecule has 0 aromatic carbocycles. The van der Waals surface area contributed by atoms with Crippen LogP contribution in [0, 0.1) is 5.41 Å². The quantitative estimate of drug-likeness (QED) is 0.785. The third kappa shape index (κ3) is 3.93. The van der Waals surface area contributed by atoms with Gasteiger partial charge >= 0.3 is 5.97 Å². The first-order valence-corrected chi connectivity index (χ1v) is 7.01. The van der Waals surface area contributed by atoms with Crippen molar-refractivity contribution >= 4 is 11.9 Å². The van der Waals surface area contributed by atoms with E-state index in [2.05, 4.69) is 0 Å². The number of ether oxygens (including phenoxy) is 1. The van der Waals surface area contributed by atoms with Gasteiger partial charge in [0.25, 0.3) is 0 Å². The highest BCUT2D eigenvalue weighted by molar-refractivity contribution is 5.88. The average molecular weight is 270 g/mol. The van der Waals surface area contributed by atoms with Gasteiger partial charge < -0.3 is 15.4 Å². The first kappa shape index (κ1) is 16.0. The van der Waals surface area contributed by atoms with Gasteiger partial charge in [0.1, 0.15) is 6.04 Å². The Morgan fingerprint density at radius 1 is 1.37 bits per heavy atom. The zero-order valence-electron chi connectivity index (χ0n) is 12.4. The number of hydrogen-bond donors (Lipinski definition) is 1. The molecule has 19 heavy (non-hydrogen) atoms. The van der Waals surface area contributed by atoms with E-state index in [1.807, 2.05) is 20.8 Å². The Morgan fingerprint density at radius 2 is 2.00 bits per heavy atom. The van der Waals surface area contributed by atoms with Crippen molar-refractivity contribution in [2.24, 2.45) is 11.1 Å². The van der Waals surface area contributed by atoms with Crippen LogP contribution in [-0.4, -0.2) is 42.0 Å². The number of carbonyl (C=O) groups excluding carboxylic acids is 2. The van der Waals surface area contributed by atoms with Gasteiger partial charge in [-0.2, -0.15) is 0 Å². The monoisotopic (exact) mass is 270 g/mol. The molecule has 1 amide bonds. The predicted molar refractivity (Wildman–Crippen MR) is 73.4 cm³/mol. The summed E-state index contributed by atoms with van der Waals surface area (Å²) in [5.41, 5.74) is 5.71. The van der Waals surface area contributed by atoms with Crippen molar-refractivity contribution in [2.45, 2.75) is 59.0 Å². The SMILES string of the molecule is CCOC(=O)C1CCCCN1C(=O)[C@H](N)C(C)(C)C. The summed E-state index contributed by atoms with van der Waals surface area (Å²) in [7, 11) is 0. The number of nitrogens with two attached hydrogens (primary N) is 1. The van der Waals surface area contributed by atoms with E-state index in [4.69, 9.17) is 10.5 Å². The minimum Gasteiger partial charge on any atom is -0.464 e. The van der Waals surface area contributed by atoms with E-state index < -0.39 is 12.1 Å². The summed E-state index contributed by atoms with van der Waals surface area (Å²) in [4.78, 5) is 26.0. The number of nitrogens with zero attached hydrogens (tertiary/aromatic N) is 1. The summed E-state index contributed by atoms with van der Waals surface area (Å²) in [5.74, 6) is -0.457. The van der Waals surface area contributed by atoms with E-state index in [0.29, 0.717) is 19.6 Å². The van der Waals surface area contributed by atoms with Crippen LogP contribution in [-0.2, 0) is 14.3 Å². The molecule has 0 saturated carbocycles. The first-order chi connectivity index (χ1) is 8.79. The molecule has 1 aliphatic heterocycles.